The lowest BCUT2D eigenvalue weighted by Gasteiger charge is -2.31. The van der Waals surface area contributed by atoms with Crippen molar-refractivity contribution in [2.24, 2.45) is 16.6 Å². The van der Waals surface area contributed by atoms with Gasteiger partial charge in [0, 0.05) is 13.1 Å². The van der Waals surface area contributed by atoms with Crippen LogP contribution in [0.4, 0.5) is 0 Å². The van der Waals surface area contributed by atoms with Crippen molar-refractivity contribution in [2.45, 2.75) is 38.8 Å². The van der Waals surface area contributed by atoms with Crippen LogP contribution in [0.25, 0.3) is 0 Å². The van der Waals surface area contributed by atoms with Gasteiger partial charge in [-0.25, -0.2) is 4.99 Å². The van der Waals surface area contributed by atoms with Crippen molar-refractivity contribution < 1.29 is 4.74 Å². The Balaban J connectivity index is 1.87. The van der Waals surface area contributed by atoms with E-state index in [0.717, 1.165) is 25.6 Å². The molecule has 2 N–H and O–H groups in total. The Morgan fingerprint density at radius 2 is 2.40 bits per heavy atom. The summed E-state index contributed by atoms with van der Waals surface area (Å²) in [5.74, 6) is 1.49. The first-order valence-corrected chi connectivity index (χ1v) is 5.90. The van der Waals surface area contributed by atoms with Gasteiger partial charge in [0.15, 0.2) is 5.96 Å². The molecule has 3 atom stereocenters. The summed E-state index contributed by atoms with van der Waals surface area (Å²) in [6, 6.07) is 0.494. The topological polar surface area (TPSA) is 50.8 Å². The van der Waals surface area contributed by atoms with Gasteiger partial charge in [0.2, 0.25) is 0 Å². The van der Waals surface area contributed by atoms with Crippen LogP contribution in [0.5, 0.6) is 0 Å². The molecule has 1 heterocycles. The molecule has 0 bridgehead atoms. The number of hydrogen-bond acceptors (Lipinski definition) is 2. The molecule has 0 radical (unpaired) electrons. The summed E-state index contributed by atoms with van der Waals surface area (Å²) >= 11 is 0. The number of aliphatic imine (C=N–C) groups is 1. The smallest absolute Gasteiger partial charge is 0.191 e. The van der Waals surface area contributed by atoms with Gasteiger partial charge in [0.05, 0.1) is 18.8 Å². The number of morpholine rings is 1. The van der Waals surface area contributed by atoms with Gasteiger partial charge in [0.25, 0.3) is 0 Å². The Hall–Kier alpha value is -0.770. The molecular weight excluding hydrogens is 190 g/mol. The molecule has 2 rings (SSSR count). The van der Waals surface area contributed by atoms with Crippen molar-refractivity contribution in [1.82, 2.24) is 4.90 Å². The summed E-state index contributed by atoms with van der Waals surface area (Å²) < 4.78 is 5.47. The average molecular weight is 211 g/mol. The number of hydrogen-bond donors (Lipinski definition) is 1. The van der Waals surface area contributed by atoms with Crippen LogP contribution in [0.2, 0.25) is 0 Å². The fourth-order valence-corrected chi connectivity index (χ4v) is 2.11. The average Bonchev–Trinajstić information content (AvgIpc) is 2.96. The van der Waals surface area contributed by atoms with Crippen molar-refractivity contribution in [3.8, 4) is 0 Å². The maximum Gasteiger partial charge on any atom is 0.191 e. The third-order valence-corrected chi connectivity index (χ3v) is 3.27. The summed E-state index contributed by atoms with van der Waals surface area (Å²) in [5, 5.41) is 0. The third kappa shape index (κ3) is 2.62. The summed E-state index contributed by atoms with van der Waals surface area (Å²) in [5.41, 5.74) is 5.99. The molecule has 0 spiro atoms. The molecule has 1 aliphatic carbocycles. The number of rotatable bonds is 2. The van der Waals surface area contributed by atoms with E-state index in [9.17, 15) is 0 Å². The zero-order chi connectivity index (χ0) is 10.8. The van der Waals surface area contributed by atoms with E-state index >= 15 is 0 Å². The zero-order valence-electron chi connectivity index (χ0n) is 9.65. The highest BCUT2D eigenvalue weighted by Crippen LogP contribution is 2.36. The molecule has 0 aromatic rings. The van der Waals surface area contributed by atoms with Crippen LogP contribution < -0.4 is 5.73 Å². The van der Waals surface area contributed by atoms with Gasteiger partial charge < -0.3 is 15.4 Å². The van der Waals surface area contributed by atoms with Crippen LogP contribution in [0, 0.1) is 5.92 Å². The molecule has 2 aliphatic rings. The number of nitrogens with two attached hydrogens (primary N) is 1. The Kier molecular flexibility index (Phi) is 3.14. The van der Waals surface area contributed by atoms with E-state index in [1.54, 1.807) is 0 Å². The molecule has 0 aromatic carbocycles. The summed E-state index contributed by atoms with van der Waals surface area (Å²) in [4.78, 5) is 6.70. The second-order valence-corrected chi connectivity index (χ2v) is 4.59. The first kappa shape index (κ1) is 10.7. The Bertz CT molecular complexity index is 254. The van der Waals surface area contributed by atoms with Crippen LogP contribution in [0.15, 0.2) is 4.99 Å². The SMILES string of the molecule is CC[C@@H]1C[C@H]1N=C(N)N1CCOC(C)C1. The molecule has 1 saturated heterocycles. The molecule has 2 fully saturated rings. The van der Waals surface area contributed by atoms with Crippen molar-refractivity contribution in [3.05, 3.63) is 0 Å². The van der Waals surface area contributed by atoms with Crippen LogP contribution in [-0.2, 0) is 4.74 Å². The molecule has 1 aliphatic heterocycles. The number of ether oxygens (including phenoxy) is 1. The van der Waals surface area contributed by atoms with E-state index in [1.807, 2.05) is 0 Å². The lowest BCUT2D eigenvalue weighted by Crippen LogP contribution is -2.48. The molecule has 0 aromatic heterocycles. The van der Waals surface area contributed by atoms with Crippen molar-refractivity contribution in [2.75, 3.05) is 19.7 Å². The predicted molar refractivity (Wildman–Crippen MR) is 60.8 cm³/mol. The normalized spacial score (nSPS) is 36.8. The fourth-order valence-electron chi connectivity index (χ4n) is 2.11. The minimum Gasteiger partial charge on any atom is -0.375 e. The summed E-state index contributed by atoms with van der Waals surface area (Å²) in [7, 11) is 0. The lowest BCUT2D eigenvalue weighted by molar-refractivity contribution is 0.00527. The van der Waals surface area contributed by atoms with Gasteiger partial charge in [-0.05, 0) is 19.3 Å². The van der Waals surface area contributed by atoms with Gasteiger partial charge in [-0.1, -0.05) is 13.3 Å². The van der Waals surface area contributed by atoms with Crippen molar-refractivity contribution in [1.29, 1.82) is 0 Å². The van der Waals surface area contributed by atoms with Gasteiger partial charge in [-0.3, -0.25) is 0 Å². The number of nitrogens with zero attached hydrogens (tertiary/aromatic N) is 2. The Morgan fingerprint density at radius 1 is 1.60 bits per heavy atom. The van der Waals surface area contributed by atoms with Crippen LogP contribution in [-0.4, -0.2) is 42.7 Å². The molecule has 15 heavy (non-hydrogen) atoms. The van der Waals surface area contributed by atoms with Crippen LogP contribution in [0.1, 0.15) is 26.7 Å². The Labute approximate surface area is 91.5 Å². The van der Waals surface area contributed by atoms with E-state index < -0.39 is 0 Å². The second-order valence-electron chi connectivity index (χ2n) is 4.59. The second kappa shape index (κ2) is 4.39. The van der Waals surface area contributed by atoms with E-state index in [2.05, 4.69) is 23.7 Å². The molecular formula is C11H21N3O. The van der Waals surface area contributed by atoms with E-state index in [0.29, 0.717) is 12.0 Å². The largest absolute Gasteiger partial charge is 0.375 e. The number of guanidine groups is 1. The molecule has 0 amide bonds. The first-order chi connectivity index (χ1) is 7.20. The van der Waals surface area contributed by atoms with Gasteiger partial charge in [0.1, 0.15) is 0 Å². The third-order valence-electron chi connectivity index (χ3n) is 3.27. The maximum atomic E-state index is 5.99. The highest BCUT2D eigenvalue weighted by atomic mass is 16.5. The van der Waals surface area contributed by atoms with E-state index in [-0.39, 0.29) is 6.10 Å². The molecule has 1 saturated carbocycles. The van der Waals surface area contributed by atoms with Crippen molar-refractivity contribution in [3.63, 3.8) is 0 Å². The monoisotopic (exact) mass is 211 g/mol. The summed E-state index contributed by atoms with van der Waals surface area (Å²) in [6.07, 6.45) is 2.71. The Morgan fingerprint density at radius 3 is 3.00 bits per heavy atom. The lowest BCUT2D eigenvalue weighted by atomic mass is 10.3. The molecule has 1 unspecified atom stereocenters. The quantitative estimate of drug-likeness (QED) is 0.543. The standard InChI is InChI=1S/C11H21N3O/c1-3-9-6-10(9)13-11(12)14-4-5-15-8(2)7-14/h8-10H,3-7H2,1-2H3,(H2,12,13)/t8?,9-,10-/m1/s1. The highest BCUT2D eigenvalue weighted by Gasteiger charge is 2.35. The van der Waals surface area contributed by atoms with Gasteiger partial charge >= 0.3 is 0 Å². The maximum absolute atomic E-state index is 5.99. The minimum atomic E-state index is 0.272. The zero-order valence-corrected chi connectivity index (χ0v) is 9.65. The van der Waals surface area contributed by atoms with Gasteiger partial charge in [-0.2, -0.15) is 0 Å². The van der Waals surface area contributed by atoms with Crippen LogP contribution in [0.3, 0.4) is 0 Å². The van der Waals surface area contributed by atoms with Crippen molar-refractivity contribution >= 4 is 5.96 Å². The highest BCUT2D eigenvalue weighted by molar-refractivity contribution is 5.78. The van der Waals surface area contributed by atoms with Gasteiger partial charge in [-0.15, -0.1) is 0 Å². The first-order valence-electron chi connectivity index (χ1n) is 5.90. The van der Waals surface area contributed by atoms with Crippen LogP contribution >= 0.6 is 0 Å². The molecule has 4 nitrogen and oxygen atoms in total. The minimum absolute atomic E-state index is 0.272. The molecule has 4 heteroatoms. The molecule has 86 valence electrons. The van der Waals surface area contributed by atoms with E-state index in [1.165, 1.54) is 12.8 Å². The summed E-state index contributed by atoms with van der Waals surface area (Å²) in [6.45, 7) is 6.81. The fraction of sp³-hybridized carbons (Fsp3) is 0.909. The van der Waals surface area contributed by atoms with E-state index in [4.69, 9.17) is 10.5 Å². The predicted octanol–water partition coefficient (Wildman–Crippen LogP) is 0.820.